The van der Waals surface area contributed by atoms with Crippen molar-refractivity contribution in [2.75, 3.05) is 0 Å². The SMILES string of the molecule is CC[C@H](NC(=O)Cn1c(-c2cscn2)nc2ccccc21)c1ccc(C)cc1. The van der Waals surface area contributed by atoms with Crippen molar-refractivity contribution in [2.24, 2.45) is 0 Å². The van der Waals surface area contributed by atoms with E-state index in [-0.39, 0.29) is 18.5 Å². The van der Waals surface area contributed by atoms with Crippen molar-refractivity contribution in [3.05, 3.63) is 70.5 Å². The van der Waals surface area contributed by atoms with Gasteiger partial charge in [-0.3, -0.25) is 4.79 Å². The van der Waals surface area contributed by atoms with E-state index in [1.165, 1.54) is 16.9 Å². The van der Waals surface area contributed by atoms with Crippen LogP contribution in [0.25, 0.3) is 22.6 Å². The number of imidazole rings is 1. The second-order valence-electron chi connectivity index (χ2n) is 6.82. The summed E-state index contributed by atoms with van der Waals surface area (Å²) in [6.45, 7) is 4.35. The molecule has 5 nitrogen and oxygen atoms in total. The first-order valence-corrected chi connectivity index (χ1v) is 10.3. The van der Waals surface area contributed by atoms with E-state index in [0.29, 0.717) is 0 Å². The predicted octanol–water partition coefficient (Wildman–Crippen LogP) is 4.74. The zero-order valence-electron chi connectivity index (χ0n) is 15.9. The van der Waals surface area contributed by atoms with E-state index in [1.807, 2.05) is 34.2 Å². The number of carbonyl (C=O) groups excluding carboxylic acids is 1. The fraction of sp³-hybridized carbons (Fsp3) is 0.227. The molecule has 2 heterocycles. The predicted molar refractivity (Wildman–Crippen MR) is 113 cm³/mol. The molecule has 0 aliphatic carbocycles. The number of rotatable bonds is 6. The summed E-state index contributed by atoms with van der Waals surface area (Å²) >= 11 is 1.52. The maximum absolute atomic E-state index is 12.9. The number of hydrogen-bond acceptors (Lipinski definition) is 4. The fourth-order valence-corrected chi connectivity index (χ4v) is 3.89. The highest BCUT2D eigenvalue weighted by atomic mass is 32.1. The zero-order valence-corrected chi connectivity index (χ0v) is 16.7. The van der Waals surface area contributed by atoms with Gasteiger partial charge in [-0.05, 0) is 31.0 Å². The molecule has 2 aromatic heterocycles. The Morgan fingerprint density at radius 1 is 1.18 bits per heavy atom. The van der Waals surface area contributed by atoms with Crippen molar-refractivity contribution in [1.82, 2.24) is 19.9 Å². The van der Waals surface area contributed by atoms with E-state index in [9.17, 15) is 4.79 Å². The lowest BCUT2D eigenvalue weighted by Crippen LogP contribution is -2.31. The molecule has 1 amide bonds. The van der Waals surface area contributed by atoms with Crippen LogP contribution in [0.4, 0.5) is 0 Å². The minimum Gasteiger partial charge on any atom is -0.348 e. The lowest BCUT2D eigenvalue weighted by Gasteiger charge is -2.18. The summed E-state index contributed by atoms with van der Waals surface area (Å²) in [7, 11) is 0. The highest BCUT2D eigenvalue weighted by molar-refractivity contribution is 7.07. The van der Waals surface area contributed by atoms with Crippen molar-refractivity contribution in [3.63, 3.8) is 0 Å². The van der Waals surface area contributed by atoms with Crippen LogP contribution < -0.4 is 5.32 Å². The van der Waals surface area contributed by atoms with Gasteiger partial charge in [-0.25, -0.2) is 9.97 Å². The van der Waals surface area contributed by atoms with Crippen molar-refractivity contribution in [2.45, 2.75) is 32.9 Å². The van der Waals surface area contributed by atoms with Crippen LogP contribution in [0.2, 0.25) is 0 Å². The Bertz CT molecular complexity index is 1080. The van der Waals surface area contributed by atoms with Gasteiger partial charge in [0.1, 0.15) is 12.2 Å². The molecule has 1 N–H and O–H groups in total. The molecule has 0 unspecified atom stereocenters. The van der Waals surface area contributed by atoms with E-state index < -0.39 is 0 Å². The molecule has 28 heavy (non-hydrogen) atoms. The standard InChI is InChI=1S/C22H22N4OS/c1-3-17(16-10-8-15(2)9-11-16)24-21(27)12-26-20-7-5-4-6-18(20)25-22(26)19-13-28-14-23-19/h4-11,13-14,17H,3,12H2,1-2H3,(H,24,27)/t17-/m0/s1. The molecule has 142 valence electrons. The van der Waals surface area contributed by atoms with Gasteiger partial charge >= 0.3 is 0 Å². The summed E-state index contributed by atoms with van der Waals surface area (Å²) in [5.74, 6) is 0.688. The average molecular weight is 391 g/mol. The first-order chi connectivity index (χ1) is 13.7. The quantitative estimate of drug-likeness (QED) is 0.517. The molecule has 6 heteroatoms. The molecule has 0 spiro atoms. The second-order valence-corrected chi connectivity index (χ2v) is 7.54. The molecule has 0 fully saturated rings. The summed E-state index contributed by atoms with van der Waals surface area (Å²) < 4.78 is 1.95. The number of hydrogen-bond donors (Lipinski definition) is 1. The highest BCUT2D eigenvalue weighted by Crippen LogP contribution is 2.25. The van der Waals surface area contributed by atoms with Gasteiger partial charge in [0.25, 0.3) is 0 Å². The average Bonchev–Trinajstić information content (AvgIpc) is 3.35. The minimum absolute atomic E-state index is 0.00870. The van der Waals surface area contributed by atoms with Gasteiger partial charge in [0, 0.05) is 5.38 Å². The topological polar surface area (TPSA) is 59.8 Å². The van der Waals surface area contributed by atoms with Crippen LogP contribution in [-0.2, 0) is 11.3 Å². The van der Waals surface area contributed by atoms with Crippen LogP contribution in [0.1, 0.15) is 30.5 Å². The van der Waals surface area contributed by atoms with Crippen LogP contribution in [-0.4, -0.2) is 20.4 Å². The maximum Gasteiger partial charge on any atom is 0.240 e. The number of carbonyl (C=O) groups is 1. The van der Waals surface area contributed by atoms with Crippen molar-refractivity contribution >= 4 is 28.3 Å². The second kappa shape index (κ2) is 7.94. The molecule has 0 aliphatic rings. The van der Waals surface area contributed by atoms with E-state index in [0.717, 1.165) is 34.5 Å². The molecule has 0 aliphatic heterocycles. The molecule has 0 saturated heterocycles. The van der Waals surface area contributed by atoms with Gasteiger partial charge in [0.05, 0.1) is 22.6 Å². The third-order valence-corrected chi connectivity index (χ3v) is 5.43. The van der Waals surface area contributed by atoms with E-state index in [2.05, 4.69) is 48.4 Å². The molecule has 4 rings (SSSR count). The van der Waals surface area contributed by atoms with Crippen molar-refractivity contribution in [1.29, 1.82) is 0 Å². The molecule has 0 bridgehead atoms. The number of thiazole rings is 1. The monoisotopic (exact) mass is 390 g/mol. The fourth-order valence-electron chi connectivity index (χ4n) is 3.36. The van der Waals surface area contributed by atoms with Gasteiger partial charge in [-0.15, -0.1) is 11.3 Å². The first-order valence-electron chi connectivity index (χ1n) is 9.35. The Balaban J connectivity index is 1.61. The number of benzene rings is 2. The van der Waals surface area contributed by atoms with Crippen LogP contribution in [0.15, 0.2) is 59.4 Å². The normalized spacial score (nSPS) is 12.2. The molecular weight excluding hydrogens is 368 g/mol. The van der Waals surface area contributed by atoms with Gasteiger partial charge in [-0.1, -0.05) is 48.9 Å². The number of nitrogens with one attached hydrogen (secondary N) is 1. The first kappa shape index (κ1) is 18.4. The number of fused-ring (bicyclic) bond motifs is 1. The Morgan fingerprint density at radius 3 is 2.68 bits per heavy atom. The Kier molecular flexibility index (Phi) is 5.21. The van der Waals surface area contributed by atoms with E-state index >= 15 is 0 Å². The Labute approximate surface area is 168 Å². The van der Waals surface area contributed by atoms with Gasteiger partial charge in [0.15, 0.2) is 5.82 Å². The van der Waals surface area contributed by atoms with Crippen LogP contribution in [0.3, 0.4) is 0 Å². The third-order valence-electron chi connectivity index (χ3n) is 4.84. The summed E-state index contributed by atoms with van der Waals surface area (Å²) in [6.07, 6.45) is 0.832. The maximum atomic E-state index is 12.9. The summed E-state index contributed by atoms with van der Waals surface area (Å²) in [5, 5.41) is 5.13. The number of amides is 1. The zero-order chi connectivity index (χ0) is 19.5. The van der Waals surface area contributed by atoms with Crippen LogP contribution in [0, 0.1) is 6.92 Å². The molecule has 0 saturated carbocycles. The minimum atomic E-state index is -0.0351. The summed E-state index contributed by atoms with van der Waals surface area (Å²) in [4.78, 5) is 22.0. The van der Waals surface area contributed by atoms with Crippen LogP contribution in [0.5, 0.6) is 0 Å². The number of aromatic nitrogens is 3. The number of nitrogens with zero attached hydrogens (tertiary/aromatic N) is 3. The Morgan fingerprint density at radius 2 is 1.96 bits per heavy atom. The van der Waals surface area contributed by atoms with Crippen molar-refractivity contribution in [3.8, 4) is 11.5 Å². The third kappa shape index (κ3) is 3.68. The molecular formula is C22H22N4OS. The molecule has 4 aromatic rings. The van der Waals surface area contributed by atoms with Gasteiger partial charge in [-0.2, -0.15) is 0 Å². The molecule has 0 radical (unpaired) electrons. The summed E-state index contributed by atoms with van der Waals surface area (Å²) in [6, 6.07) is 16.2. The van der Waals surface area contributed by atoms with E-state index in [4.69, 9.17) is 4.98 Å². The van der Waals surface area contributed by atoms with Gasteiger partial charge in [0.2, 0.25) is 5.91 Å². The van der Waals surface area contributed by atoms with Crippen molar-refractivity contribution < 1.29 is 4.79 Å². The number of aryl methyl sites for hydroxylation is 1. The smallest absolute Gasteiger partial charge is 0.240 e. The molecule has 1 atom stereocenters. The summed E-state index contributed by atoms with van der Waals surface area (Å²) in [5.41, 5.74) is 6.70. The lowest BCUT2D eigenvalue weighted by molar-refractivity contribution is -0.122. The Hall–Kier alpha value is -2.99. The molecule has 2 aromatic carbocycles. The van der Waals surface area contributed by atoms with E-state index in [1.54, 1.807) is 5.51 Å². The van der Waals surface area contributed by atoms with Gasteiger partial charge < -0.3 is 9.88 Å². The largest absolute Gasteiger partial charge is 0.348 e. The highest BCUT2D eigenvalue weighted by Gasteiger charge is 2.18. The number of para-hydroxylation sites is 2. The lowest BCUT2D eigenvalue weighted by atomic mass is 10.0. The van der Waals surface area contributed by atoms with Crippen LogP contribution >= 0.6 is 11.3 Å².